The molecule has 1 aromatic rings. The maximum atomic E-state index is 5.79. The topological polar surface area (TPSA) is 29.3 Å². The molecular weight excluding hydrogens is 220 g/mol. The molecular formula is C16H28N2. The molecule has 0 atom stereocenters. The summed E-state index contributed by atoms with van der Waals surface area (Å²) in [4.78, 5) is 2.50. The van der Waals surface area contributed by atoms with Gasteiger partial charge in [-0.1, -0.05) is 45.0 Å². The number of hydrogen-bond donors (Lipinski definition) is 1. The van der Waals surface area contributed by atoms with Gasteiger partial charge in [-0.25, -0.2) is 0 Å². The van der Waals surface area contributed by atoms with Crippen LogP contribution in [0.25, 0.3) is 0 Å². The molecule has 1 aromatic carbocycles. The summed E-state index contributed by atoms with van der Waals surface area (Å²) < 4.78 is 0. The summed E-state index contributed by atoms with van der Waals surface area (Å²) in [6.07, 6.45) is 1.16. The maximum Gasteiger partial charge on any atom is 0.0236 e. The van der Waals surface area contributed by atoms with Crippen molar-refractivity contribution in [1.82, 2.24) is 4.90 Å². The van der Waals surface area contributed by atoms with Crippen molar-refractivity contribution >= 4 is 0 Å². The van der Waals surface area contributed by atoms with Crippen molar-refractivity contribution in [1.29, 1.82) is 0 Å². The first-order valence-corrected chi connectivity index (χ1v) is 6.95. The van der Waals surface area contributed by atoms with Gasteiger partial charge in [0.2, 0.25) is 0 Å². The van der Waals surface area contributed by atoms with Crippen molar-refractivity contribution in [3.8, 4) is 0 Å². The van der Waals surface area contributed by atoms with E-state index < -0.39 is 0 Å². The molecule has 0 aliphatic rings. The van der Waals surface area contributed by atoms with Gasteiger partial charge in [0.25, 0.3) is 0 Å². The number of hydrogen-bond acceptors (Lipinski definition) is 2. The molecule has 102 valence electrons. The van der Waals surface area contributed by atoms with E-state index >= 15 is 0 Å². The van der Waals surface area contributed by atoms with Crippen molar-refractivity contribution in [3.05, 3.63) is 35.4 Å². The SMILES string of the molecule is CCN(CCC(C)(C)CN)Cc1ccccc1C. The Labute approximate surface area is 112 Å². The molecule has 0 unspecified atom stereocenters. The van der Waals surface area contributed by atoms with Crippen molar-refractivity contribution in [3.63, 3.8) is 0 Å². The number of rotatable bonds is 7. The molecule has 0 aliphatic carbocycles. The zero-order valence-electron chi connectivity index (χ0n) is 12.4. The molecule has 0 heterocycles. The fraction of sp³-hybridized carbons (Fsp3) is 0.625. The number of nitrogens with two attached hydrogens (primary N) is 1. The summed E-state index contributed by atoms with van der Waals surface area (Å²) in [5.41, 5.74) is 8.86. The number of nitrogens with zero attached hydrogens (tertiary/aromatic N) is 1. The highest BCUT2D eigenvalue weighted by molar-refractivity contribution is 5.25. The number of benzene rings is 1. The van der Waals surface area contributed by atoms with Crippen molar-refractivity contribution in [2.24, 2.45) is 11.1 Å². The molecule has 2 nitrogen and oxygen atoms in total. The highest BCUT2D eigenvalue weighted by Gasteiger charge is 2.17. The third kappa shape index (κ3) is 4.79. The van der Waals surface area contributed by atoms with Crippen LogP contribution in [0.5, 0.6) is 0 Å². The van der Waals surface area contributed by atoms with E-state index in [-0.39, 0.29) is 5.41 Å². The quantitative estimate of drug-likeness (QED) is 0.803. The zero-order valence-corrected chi connectivity index (χ0v) is 12.4. The van der Waals surface area contributed by atoms with E-state index in [1.165, 1.54) is 11.1 Å². The first kappa shape index (κ1) is 15.2. The first-order valence-electron chi connectivity index (χ1n) is 6.95. The van der Waals surface area contributed by atoms with E-state index in [1.807, 2.05) is 0 Å². The van der Waals surface area contributed by atoms with Gasteiger partial charge in [0.1, 0.15) is 0 Å². The Bertz CT molecular complexity index is 358. The van der Waals surface area contributed by atoms with Gasteiger partial charge in [0.15, 0.2) is 0 Å². The Hall–Kier alpha value is -0.860. The second kappa shape index (κ2) is 6.91. The molecule has 0 bridgehead atoms. The molecule has 0 fully saturated rings. The van der Waals surface area contributed by atoms with Crippen molar-refractivity contribution in [2.75, 3.05) is 19.6 Å². The Balaban J connectivity index is 2.55. The van der Waals surface area contributed by atoms with Gasteiger partial charge in [-0.05, 0) is 49.5 Å². The van der Waals surface area contributed by atoms with Gasteiger partial charge in [-0.15, -0.1) is 0 Å². The lowest BCUT2D eigenvalue weighted by Gasteiger charge is -2.28. The van der Waals surface area contributed by atoms with Gasteiger partial charge in [0, 0.05) is 6.54 Å². The molecule has 0 radical (unpaired) electrons. The maximum absolute atomic E-state index is 5.79. The third-order valence-corrected chi connectivity index (χ3v) is 3.76. The molecule has 1 rings (SSSR count). The van der Waals surface area contributed by atoms with E-state index in [0.717, 1.165) is 32.6 Å². The summed E-state index contributed by atoms with van der Waals surface area (Å²) in [6.45, 7) is 12.9. The summed E-state index contributed by atoms with van der Waals surface area (Å²) in [5.74, 6) is 0. The summed E-state index contributed by atoms with van der Waals surface area (Å²) in [5, 5.41) is 0. The van der Waals surface area contributed by atoms with E-state index in [9.17, 15) is 0 Å². The highest BCUT2D eigenvalue weighted by atomic mass is 15.1. The second-order valence-electron chi connectivity index (χ2n) is 5.91. The molecule has 0 saturated carbocycles. The average molecular weight is 248 g/mol. The van der Waals surface area contributed by atoms with Crippen LogP contribution in [0.1, 0.15) is 38.3 Å². The third-order valence-electron chi connectivity index (χ3n) is 3.76. The molecule has 2 N–H and O–H groups in total. The second-order valence-corrected chi connectivity index (χ2v) is 5.91. The molecule has 18 heavy (non-hydrogen) atoms. The fourth-order valence-electron chi connectivity index (χ4n) is 1.94. The van der Waals surface area contributed by atoms with Crippen LogP contribution < -0.4 is 5.73 Å². The smallest absolute Gasteiger partial charge is 0.0236 e. The molecule has 0 aliphatic heterocycles. The Morgan fingerprint density at radius 2 is 1.89 bits per heavy atom. The van der Waals surface area contributed by atoms with E-state index in [1.54, 1.807) is 0 Å². The summed E-state index contributed by atoms with van der Waals surface area (Å²) in [7, 11) is 0. The van der Waals surface area contributed by atoms with Gasteiger partial charge in [0.05, 0.1) is 0 Å². The van der Waals surface area contributed by atoms with Crippen LogP contribution in [-0.4, -0.2) is 24.5 Å². The van der Waals surface area contributed by atoms with Crippen molar-refractivity contribution in [2.45, 2.75) is 40.7 Å². The van der Waals surface area contributed by atoms with Gasteiger partial charge in [-0.3, -0.25) is 4.90 Å². The summed E-state index contributed by atoms with van der Waals surface area (Å²) in [6, 6.07) is 8.64. The number of aryl methyl sites for hydroxylation is 1. The van der Waals surface area contributed by atoms with Crippen LogP contribution in [0, 0.1) is 12.3 Å². The van der Waals surface area contributed by atoms with Crippen LogP contribution in [0.15, 0.2) is 24.3 Å². The molecule has 0 saturated heterocycles. The highest BCUT2D eigenvalue weighted by Crippen LogP contribution is 2.19. The van der Waals surface area contributed by atoms with E-state index in [0.29, 0.717) is 0 Å². The molecule has 2 heteroatoms. The van der Waals surface area contributed by atoms with Crippen LogP contribution in [0.2, 0.25) is 0 Å². The average Bonchev–Trinajstić information content (AvgIpc) is 2.36. The van der Waals surface area contributed by atoms with Gasteiger partial charge in [-0.2, -0.15) is 0 Å². The van der Waals surface area contributed by atoms with Crippen molar-refractivity contribution < 1.29 is 0 Å². The van der Waals surface area contributed by atoms with Gasteiger partial charge < -0.3 is 5.73 Å². The van der Waals surface area contributed by atoms with Crippen LogP contribution >= 0.6 is 0 Å². The summed E-state index contributed by atoms with van der Waals surface area (Å²) >= 11 is 0. The molecule has 0 spiro atoms. The normalized spacial score (nSPS) is 12.1. The lowest BCUT2D eigenvalue weighted by Crippen LogP contribution is -2.31. The van der Waals surface area contributed by atoms with Crippen LogP contribution in [-0.2, 0) is 6.54 Å². The van der Waals surface area contributed by atoms with E-state index in [2.05, 4.69) is 56.9 Å². The predicted molar refractivity (Wildman–Crippen MR) is 79.6 cm³/mol. The lowest BCUT2D eigenvalue weighted by molar-refractivity contribution is 0.222. The molecule has 0 amide bonds. The minimum atomic E-state index is 0.249. The fourth-order valence-corrected chi connectivity index (χ4v) is 1.94. The lowest BCUT2D eigenvalue weighted by atomic mass is 9.89. The Kier molecular flexibility index (Phi) is 5.83. The van der Waals surface area contributed by atoms with Crippen LogP contribution in [0.4, 0.5) is 0 Å². The zero-order chi connectivity index (χ0) is 13.6. The Morgan fingerprint density at radius 3 is 2.44 bits per heavy atom. The molecule has 0 aromatic heterocycles. The minimum Gasteiger partial charge on any atom is -0.330 e. The van der Waals surface area contributed by atoms with E-state index in [4.69, 9.17) is 5.73 Å². The monoisotopic (exact) mass is 248 g/mol. The predicted octanol–water partition coefficient (Wildman–Crippen LogP) is 3.19. The minimum absolute atomic E-state index is 0.249. The standard InChI is InChI=1S/C16H28N2/c1-5-18(11-10-16(3,4)13-17)12-15-9-7-6-8-14(15)2/h6-9H,5,10-13,17H2,1-4H3. The first-order chi connectivity index (χ1) is 8.48. The van der Waals surface area contributed by atoms with Gasteiger partial charge >= 0.3 is 0 Å². The largest absolute Gasteiger partial charge is 0.330 e. The van der Waals surface area contributed by atoms with Crippen LogP contribution in [0.3, 0.4) is 0 Å². The Morgan fingerprint density at radius 1 is 1.22 bits per heavy atom.